The molecule has 0 saturated heterocycles. The Morgan fingerprint density at radius 3 is 2.53 bits per heavy atom. The highest BCUT2D eigenvalue weighted by atomic mass is 35.5. The van der Waals surface area contributed by atoms with Gasteiger partial charge in [0, 0.05) is 29.0 Å². The summed E-state index contributed by atoms with van der Waals surface area (Å²) in [6, 6.07) is 5.65. The van der Waals surface area contributed by atoms with E-state index in [-0.39, 0.29) is 0 Å². The lowest BCUT2D eigenvalue weighted by atomic mass is 10.2. The Morgan fingerprint density at radius 1 is 1.18 bits per heavy atom. The number of halogens is 3. The van der Waals surface area contributed by atoms with Crippen LogP contribution in [0.1, 0.15) is 25.3 Å². The second-order valence-electron chi connectivity index (χ2n) is 4.05. The minimum absolute atomic E-state index is 0.648. The van der Waals surface area contributed by atoms with Gasteiger partial charge in [-0.05, 0) is 30.7 Å². The minimum atomic E-state index is 0.648. The number of hydrogen-bond acceptors (Lipinski definition) is 1. The monoisotopic (exact) mass is 293 g/mol. The molecule has 0 N–H and O–H groups in total. The first-order valence-electron chi connectivity index (χ1n) is 5.89. The zero-order valence-corrected chi connectivity index (χ0v) is 12.3. The van der Waals surface area contributed by atoms with Crippen molar-refractivity contribution in [3.05, 3.63) is 33.8 Å². The highest BCUT2D eigenvalue weighted by Gasteiger charge is 2.08. The molecule has 0 fully saturated rings. The Morgan fingerprint density at radius 2 is 1.94 bits per heavy atom. The average molecular weight is 295 g/mol. The summed E-state index contributed by atoms with van der Waals surface area (Å²) in [5, 5.41) is 1.41. The number of hydrogen-bond donors (Lipinski definition) is 0. The maximum atomic E-state index is 6.16. The summed E-state index contributed by atoms with van der Waals surface area (Å²) in [5.41, 5.74) is 1.11. The zero-order valence-electron chi connectivity index (χ0n) is 10.1. The number of benzene rings is 1. The largest absolute Gasteiger partial charge is 0.298 e. The molecule has 0 aliphatic heterocycles. The lowest BCUT2D eigenvalue weighted by Gasteiger charge is -2.21. The molecule has 0 heterocycles. The van der Waals surface area contributed by atoms with E-state index in [4.69, 9.17) is 34.8 Å². The lowest BCUT2D eigenvalue weighted by Crippen LogP contribution is -2.26. The average Bonchev–Trinajstić information content (AvgIpc) is 2.29. The Labute approximate surface area is 119 Å². The second kappa shape index (κ2) is 8.20. The van der Waals surface area contributed by atoms with Crippen molar-refractivity contribution in [2.75, 3.05) is 19.0 Å². The molecule has 1 aromatic rings. The molecule has 96 valence electrons. The van der Waals surface area contributed by atoms with E-state index in [1.165, 1.54) is 12.8 Å². The van der Waals surface area contributed by atoms with Crippen LogP contribution in [0.5, 0.6) is 0 Å². The van der Waals surface area contributed by atoms with E-state index >= 15 is 0 Å². The van der Waals surface area contributed by atoms with Gasteiger partial charge >= 0.3 is 0 Å². The second-order valence-corrected chi connectivity index (χ2v) is 5.28. The van der Waals surface area contributed by atoms with E-state index in [0.717, 1.165) is 30.2 Å². The summed E-state index contributed by atoms with van der Waals surface area (Å²) < 4.78 is 0. The molecule has 0 amide bonds. The molecule has 0 spiro atoms. The van der Waals surface area contributed by atoms with E-state index < -0.39 is 0 Å². The summed E-state index contributed by atoms with van der Waals surface area (Å²) in [6.07, 6.45) is 2.37. The molecule has 0 aliphatic rings. The van der Waals surface area contributed by atoms with Crippen molar-refractivity contribution >= 4 is 34.8 Å². The third-order valence-electron chi connectivity index (χ3n) is 2.64. The molecule has 0 bridgehead atoms. The van der Waals surface area contributed by atoms with Crippen LogP contribution in [-0.2, 0) is 6.54 Å². The zero-order chi connectivity index (χ0) is 12.7. The van der Waals surface area contributed by atoms with Crippen molar-refractivity contribution in [1.29, 1.82) is 0 Å². The molecule has 0 unspecified atom stereocenters. The highest BCUT2D eigenvalue weighted by Crippen LogP contribution is 2.22. The molecular formula is C13H18Cl3N. The van der Waals surface area contributed by atoms with E-state index in [1.807, 2.05) is 12.1 Å². The fourth-order valence-electron chi connectivity index (χ4n) is 1.66. The van der Waals surface area contributed by atoms with E-state index in [2.05, 4.69) is 11.8 Å². The van der Waals surface area contributed by atoms with Crippen LogP contribution in [0.4, 0.5) is 0 Å². The molecule has 0 saturated carbocycles. The summed E-state index contributed by atoms with van der Waals surface area (Å²) in [4.78, 5) is 2.33. The van der Waals surface area contributed by atoms with Crippen molar-refractivity contribution in [2.24, 2.45) is 0 Å². The van der Waals surface area contributed by atoms with Crippen LogP contribution in [0.15, 0.2) is 18.2 Å². The Balaban J connectivity index is 2.64. The first-order chi connectivity index (χ1) is 8.17. The van der Waals surface area contributed by atoms with Crippen molar-refractivity contribution < 1.29 is 0 Å². The van der Waals surface area contributed by atoms with Gasteiger partial charge in [0.15, 0.2) is 0 Å². The van der Waals surface area contributed by atoms with Crippen LogP contribution in [0.3, 0.4) is 0 Å². The minimum Gasteiger partial charge on any atom is -0.298 e. The van der Waals surface area contributed by atoms with Crippen LogP contribution in [0.25, 0.3) is 0 Å². The first-order valence-corrected chi connectivity index (χ1v) is 7.18. The summed E-state index contributed by atoms with van der Waals surface area (Å²) >= 11 is 17.9. The van der Waals surface area contributed by atoms with Gasteiger partial charge in [-0.2, -0.15) is 0 Å². The van der Waals surface area contributed by atoms with Crippen molar-refractivity contribution in [2.45, 2.75) is 26.3 Å². The smallest absolute Gasteiger partial charge is 0.0465 e. The Hall–Kier alpha value is 0.0500. The quantitative estimate of drug-likeness (QED) is 0.651. The molecule has 0 radical (unpaired) electrons. The maximum Gasteiger partial charge on any atom is 0.0465 e. The number of rotatable bonds is 7. The van der Waals surface area contributed by atoms with E-state index in [0.29, 0.717) is 10.9 Å². The van der Waals surface area contributed by atoms with Crippen LogP contribution in [0, 0.1) is 0 Å². The fraction of sp³-hybridized carbons (Fsp3) is 0.538. The van der Waals surface area contributed by atoms with Crippen molar-refractivity contribution in [3.63, 3.8) is 0 Å². The summed E-state index contributed by atoms with van der Waals surface area (Å²) in [7, 11) is 0. The van der Waals surface area contributed by atoms with E-state index in [1.54, 1.807) is 6.07 Å². The van der Waals surface area contributed by atoms with Gasteiger partial charge in [0.2, 0.25) is 0 Å². The number of unbranched alkanes of at least 4 members (excludes halogenated alkanes) is 1. The highest BCUT2D eigenvalue weighted by molar-refractivity contribution is 6.35. The van der Waals surface area contributed by atoms with Gasteiger partial charge in [-0.25, -0.2) is 0 Å². The van der Waals surface area contributed by atoms with Gasteiger partial charge in [-0.3, -0.25) is 4.90 Å². The van der Waals surface area contributed by atoms with Gasteiger partial charge in [-0.1, -0.05) is 42.6 Å². The van der Waals surface area contributed by atoms with Gasteiger partial charge in [0.1, 0.15) is 0 Å². The van der Waals surface area contributed by atoms with E-state index in [9.17, 15) is 0 Å². The van der Waals surface area contributed by atoms with Crippen LogP contribution in [-0.4, -0.2) is 23.9 Å². The lowest BCUT2D eigenvalue weighted by molar-refractivity contribution is 0.277. The summed E-state index contributed by atoms with van der Waals surface area (Å²) in [5.74, 6) is 0.648. The van der Waals surface area contributed by atoms with Crippen LogP contribution < -0.4 is 0 Å². The molecule has 4 heteroatoms. The van der Waals surface area contributed by atoms with Crippen LogP contribution in [0.2, 0.25) is 10.0 Å². The number of nitrogens with zero attached hydrogens (tertiary/aromatic N) is 1. The van der Waals surface area contributed by atoms with Gasteiger partial charge < -0.3 is 0 Å². The molecule has 17 heavy (non-hydrogen) atoms. The normalized spacial score (nSPS) is 11.1. The van der Waals surface area contributed by atoms with Crippen molar-refractivity contribution in [3.8, 4) is 0 Å². The fourth-order valence-corrected chi connectivity index (χ4v) is 2.37. The van der Waals surface area contributed by atoms with Crippen molar-refractivity contribution in [1.82, 2.24) is 4.90 Å². The molecule has 1 rings (SSSR count). The SMILES string of the molecule is CCCCN(CCCl)Cc1ccc(Cl)cc1Cl. The summed E-state index contributed by atoms with van der Waals surface area (Å²) in [6.45, 7) is 4.97. The van der Waals surface area contributed by atoms with Gasteiger partial charge in [-0.15, -0.1) is 11.6 Å². The molecule has 1 nitrogen and oxygen atoms in total. The predicted molar refractivity (Wildman–Crippen MR) is 77.4 cm³/mol. The topological polar surface area (TPSA) is 3.24 Å². The standard InChI is InChI=1S/C13H18Cl3N/c1-2-3-7-17(8-6-14)10-11-4-5-12(15)9-13(11)16/h4-5,9H,2-3,6-8,10H2,1H3. The first kappa shape index (κ1) is 15.1. The number of alkyl halides is 1. The molecule has 0 aliphatic carbocycles. The Kier molecular flexibility index (Phi) is 7.29. The maximum absolute atomic E-state index is 6.16. The molecule has 0 atom stereocenters. The third-order valence-corrected chi connectivity index (χ3v) is 3.39. The molecule has 1 aromatic carbocycles. The molecule has 0 aromatic heterocycles. The predicted octanol–water partition coefficient (Wildman–Crippen LogP) is 4.83. The third kappa shape index (κ3) is 5.48. The Bertz CT molecular complexity index is 341. The molecular weight excluding hydrogens is 277 g/mol. The van der Waals surface area contributed by atoms with Crippen LogP contribution >= 0.6 is 34.8 Å². The van der Waals surface area contributed by atoms with Gasteiger partial charge in [0.05, 0.1) is 0 Å². The van der Waals surface area contributed by atoms with Gasteiger partial charge in [0.25, 0.3) is 0 Å².